The number of ether oxygens (including phenoxy) is 1. The van der Waals surface area contributed by atoms with Crippen LogP contribution < -0.4 is 4.74 Å². The Morgan fingerprint density at radius 1 is 1.33 bits per heavy atom. The van der Waals surface area contributed by atoms with Gasteiger partial charge < -0.3 is 4.74 Å². The van der Waals surface area contributed by atoms with Crippen LogP contribution in [0.1, 0.15) is 22.7 Å². The van der Waals surface area contributed by atoms with Gasteiger partial charge in [0.25, 0.3) is 6.43 Å². The summed E-state index contributed by atoms with van der Waals surface area (Å²) >= 11 is 0. The van der Waals surface area contributed by atoms with E-state index in [0.29, 0.717) is 17.7 Å². The molecule has 18 heavy (non-hydrogen) atoms. The summed E-state index contributed by atoms with van der Waals surface area (Å²) in [7, 11) is 1.51. The van der Waals surface area contributed by atoms with Crippen molar-refractivity contribution in [2.75, 3.05) is 7.11 Å². The first-order valence-corrected chi connectivity index (χ1v) is 5.12. The number of imidazole rings is 1. The van der Waals surface area contributed by atoms with Crippen LogP contribution in [0.15, 0.2) is 30.5 Å². The molecule has 94 valence electrons. The zero-order valence-electron chi connectivity index (χ0n) is 9.51. The summed E-state index contributed by atoms with van der Waals surface area (Å²) in [5.41, 5.74) is 0.515. The van der Waals surface area contributed by atoms with Gasteiger partial charge in [-0.15, -0.1) is 0 Å². The predicted octanol–water partition coefficient (Wildman–Crippen LogP) is 2.63. The summed E-state index contributed by atoms with van der Waals surface area (Å²) < 4.78 is 31.7. The van der Waals surface area contributed by atoms with E-state index in [0.717, 1.165) is 10.8 Å². The van der Waals surface area contributed by atoms with Crippen molar-refractivity contribution < 1.29 is 18.3 Å². The fourth-order valence-corrected chi connectivity index (χ4v) is 1.63. The molecule has 0 bridgehead atoms. The number of methoxy groups -OCH3 is 1. The summed E-state index contributed by atoms with van der Waals surface area (Å²) in [6.07, 6.45) is -1.14. The quantitative estimate of drug-likeness (QED) is 0.786. The molecule has 0 aliphatic heterocycles. The van der Waals surface area contributed by atoms with Crippen LogP contribution in [0.3, 0.4) is 0 Å². The number of halogens is 2. The Kier molecular flexibility index (Phi) is 3.36. The highest BCUT2D eigenvalue weighted by Gasteiger charge is 2.19. The van der Waals surface area contributed by atoms with E-state index >= 15 is 0 Å². The van der Waals surface area contributed by atoms with Gasteiger partial charge in [0, 0.05) is 5.69 Å². The van der Waals surface area contributed by atoms with Crippen LogP contribution in [0.2, 0.25) is 0 Å². The smallest absolute Gasteiger partial charge is 0.295 e. The Bertz CT molecular complexity index is 550. The highest BCUT2D eigenvalue weighted by molar-refractivity contribution is 5.73. The Hall–Kier alpha value is -2.24. The maximum Gasteiger partial charge on any atom is 0.295 e. The molecule has 0 aliphatic carbocycles. The van der Waals surface area contributed by atoms with E-state index in [1.165, 1.54) is 7.11 Å². The molecule has 0 saturated heterocycles. The molecule has 2 aromatic rings. The maximum atomic E-state index is 12.8. The molecule has 0 unspecified atom stereocenters. The standard InChI is InChI=1S/C12H10F2N2O2/c1-18-10-4-2-8(3-5-10)16-9(7-17)6-15-12(16)11(13)14/h2-7,11H,1H3. The molecule has 0 aliphatic rings. The average molecular weight is 252 g/mol. The fraction of sp³-hybridized carbons (Fsp3) is 0.167. The lowest BCUT2D eigenvalue weighted by Gasteiger charge is -2.09. The van der Waals surface area contributed by atoms with Gasteiger partial charge in [-0.3, -0.25) is 9.36 Å². The van der Waals surface area contributed by atoms with Gasteiger partial charge in [0.1, 0.15) is 11.4 Å². The van der Waals surface area contributed by atoms with Gasteiger partial charge in [-0.05, 0) is 24.3 Å². The first-order valence-electron chi connectivity index (χ1n) is 5.12. The second-order valence-electron chi connectivity index (χ2n) is 3.49. The Balaban J connectivity index is 2.53. The van der Waals surface area contributed by atoms with E-state index in [9.17, 15) is 13.6 Å². The third-order valence-electron chi connectivity index (χ3n) is 2.46. The highest BCUT2D eigenvalue weighted by atomic mass is 19.3. The van der Waals surface area contributed by atoms with Crippen LogP contribution in [-0.2, 0) is 0 Å². The minimum atomic E-state index is -2.75. The third-order valence-corrected chi connectivity index (χ3v) is 2.46. The largest absolute Gasteiger partial charge is 0.497 e. The lowest BCUT2D eigenvalue weighted by molar-refractivity contribution is 0.111. The van der Waals surface area contributed by atoms with Crippen LogP contribution in [0.25, 0.3) is 5.69 Å². The summed E-state index contributed by atoms with van der Waals surface area (Å²) in [6, 6.07) is 6.41. The van der Waals surface area contributed by atoms with E-state index in [-0.39, 0.29) is 5.69 Å². The summed E-state index contributed by atoms with van der Waals surface area (Å²) in [6.45, 7) is 0. The SMILES string of the molecule is COc1ccc(-n2c(C=O)cnc2C(F)F)cc1. The molecule has 1 aromatic carbocycles. The lowest BCUT2D eigenvalue weighted by atomic mass is 10.3. The number of aldehydes is 1. The second kappa shape index (κ2) is 4.95. The Morgan fingerprint density at radius 2 is 2.00 bits per heavy atom. The minimum absolute atomic E-state index is 0.0791. The molecular weight excluding hydrogens is 242 g/mol. The highest BCUT2D eigenvalue weighted by Crippen LogP contribution is 2.24. The van der Waals surface area contributed by atoms with E-state index in [2.05, 4.69) is 4.98 Å². The van der Waals surface area contributed by atoms with Crippen molar-refractivity contribution in [3.05, 3.63) is 42.0 Å². The van der Waals surface area contributed by atoms with Gasteiger partial charge in [0.2, 0.25) is 0 Å². The van der Waals surface area contributed by atoms with Gasteiger partial charge >= 0.3 is 0 Å². The van der Waals surface area contributed by atoms with Crippen LogP contribution in [0.5, 0.6) is 5.75 Å². The normalized spacial score (nSPS) is 10.7. The molecule has 4 nitrogen and oxygen atoms in total. The van der Waals surface area contributed by atoms with E-state index < -0.39 is 12.2 Å². The van der Waals surface area contributed by atoms with E-state index in [1.807, 2.05) is 0 Å². The van der Waals surface area contributed by atoms with Crippen LogP contribution in [0.4, 0.5) is 8.78 Å². The van der Waals surface area contributed by atoms with Crippen LogP contribution in [0, 0.1) is 0 Å². The lowest BCUT2D eigenvalue weighted by Crippen LogP contribution is -2.05. The number of carbonyl (C=O) groups excluding carboxylic acids is 1. The molecule has 0 fully saturated rings. The van der Waals surface area contributed by atoms with Gasteiger partial charge in [-0.2, -0.15) is 0 Å². The monoisotopic (exact) mass is 252 g/mol. The van der Waals surface area contributed by atoms with E-state index in [1.54, 1.807) is 24.3 Å². The zero-order chi connectivity index (χ0) is 13.1. The van der Waals surface area contributed by atoms with Crippen LogP contribution in [-0.4, -0.2) is 22.9 Å². The second-order valence-corrected chi connectivity index (χ2v) is 3.49. The average Bonchev–Trinajstić information content (AvgIpc) is 2.82. The van der Waals surface area contributed by atoms with Crippen molar-refractivity contribution in [1.82, 2.24) is 9.55 Å². The van der Waals surface area contributed by atoms with Gasteiger partial charge in [0.05, 0.1) is 13.3 Å². The van der Waals surface area contributed by atoms with Crippen molar-refractivity contribution in [2.24, 2.45) is 0 Å². The summed E-state index contributed by atoms with van der Waals surface area (Å²) in [5, 5.41) is 0. The molecular formula is C12H10F2N2O2. The Morgan fingerprint density at radius 3 is 2.50 bits per heavy atom. The number of carbonyl (C=O) groups is 1. The van der Waals surface area contributed by atoms with Crippen molar-refractivity contribution >= 4 is 6.29 Å². The van der Waals surface area contributed by atoms with Gasteiger partial charge in [0.15, 0.2) is 12.1 Å². The number of nitrogens with zero attached hydrogens (tertiary/aromatic N) is 2. The van der Waals surface area contributed by atoms with Gasteiger partial charge in [-0.1, -0.05) is 0 Å². The zero-order valence-corrected chi connectivity index (χ0v) is 9.51. The molecule has 6 heteroatoms. The third kappa shape index (κ3) is 2.09. The first kappa shape index (κ1) is 12.2. The molecule has 0 N–H and O–H groups in total. The molecule has 0 saturated carbocycles. The molecule has 0 radical (unpaired) electrons. The number of hydrogen-bond acceptors (Lipinski definition) is 3. The molecule has 2 rings (SSSR count). The van der Waals surface area contributed by atoms with Crippen molar-refractivity contribution in [2.45, 2.75) is 6.43 Å². The predicted molar refractivity (Wildman–Crippen MR) is 60.5 cm³/mol. The number of rotatable bonds is 4. The maximum absolute atomic E-state index is 12.8. The van der Waals surface area contributed by atoms with Gasteiger partial charge in [-0.25, -0.2) is 13.8 Å². The summed E-state index contributed by atoms with van der Waals surface area (Å²) in [5.74, 6) is 0.146. The number of hydrogen-bond donors (Lipinski definition) is 0. The molecule has 0 atom stereocenters. The Labute approximate surface area is 102 Å². The fourth-order valence-electron chi connectivity index (χ4n) is 1.63. The topological polar surface area (TPSA) is 44.1 Å². The number of aromatic nitrogens is 2. The summed E-state index contributed by atoms with van der Waals surface area (Å²) in [4.78, 5) is 14.4. The molecule has 0 amide bonds. The van der Waals surface area contributed by atoms with Crippen molar-refractivity contribution in [3.63, 3.8) is 0 Å². The van der Waals surface area contributed by atoms with Crippen molar-refractivity contribution in [1.29, 1.82) is 0 Å². The van der Waals surface area contributed by atoms with Crippen molar-refractivity contribution in [3.8, 4) is 11.4 Å². The molecule has 1 aromatic heterocycles. The molecule has 1 heterocycles. The van der Waals surface area contributed by atoms with E-state index in [4.69, 9.17) is 4.74 Å². The first-order chi connectivity index (χ1) is 8.67. The number of alkyl halides is 2. The number of benzene rings is 1. The minimum Gasteiger partial charge on any atom is -0.497 e. The van der Waals surface area contributed by atoms with Crippen LogP contribution >= 0.6 is 0 Å². The molecule has 0 spiro atoms.